The SMILES string of the molecule is COc1ccccc1[C@@H]1/C(=C(\O)c2c(C)nn(C)c2C)C(=O)C(=O)N1CCN1CCOCC1. The molecule has 4 rings (SSSR count). The zero-order valence-electron chi connectivity index (χ0n) is 19.5. The minimum absolute atomic E-state index is 0.0608. The van der Waals surface area contributed by atoms with E-state index >= 15 is 0 Å². The molecule has 2 aliphatic heterocycles. The number of morpholine rings is 1. The molecular weight excluding hydrogens is 424 g/mol. The lowest BCUT2D eigenvalue weighted by atomic mass is 9.94. The van der Waals surface area contributed by atoms with Crippen LogP contribution in [-0.4, -0.2) is 82.9 Å². The molecule has 3 heterocycles. The van der Waals surface area contributed by atoms with Gasteiger partial charge >= 0.3 is 0 Å². The second-order valence-electron chi connectivity index (χ2n) is 8.36. The Hall–Kier alpha value is -3.17. The Bertz CT molecular complexity index is 1100. The molecule has 9 nitrogen and oxygen atoms in total. The first kappa shape index (κ1) is 23.0. The van der Waals surface area contributed by atoms with Gasteiger partial charge in [0, 0.05) is 44.5 Å². The second-order valence-corrected chi connectivity index (χ2v) is 8.36. The third-order valence-electron chi connectivity index (χ3n) is 6.48. The highest BCUT2D eigenvalue weighted by atomic mass is 16.5. The van der Waals surface area contributed by atoms with Crippen molar-refractivity contribution >= 4 is 17.4 Å². The highest BCUT2D eigenvalue weighted by Gasteiger charge is 2.47. The van der Waals surface area contributed by atoms with Gasteiger partial charge in [0.1, 0.15) is 11.5 Å². The first-order chi connectivity index (χ1) is 15.8. The number of ketones is 1. The molecule has 9 heteroatoms. The number of aliphatic hydroxyl groups excluding tert-OH is 1. The van der Waals surface area contributed by atoms with Crippen LogP contribution in [-0.2, 0) is 21.4 Å². The Balaban J connectivity index is 1.82. The number of methoxy groups -OCH3 is 1. The number of nitrogens with zero attached hydrogens (tertiary/aromatic N) is 4. The van der Waals surface area contributed by atoms with Gasteiger partial charge in [-0.15, -0.1) is 0 Å². The summed E-state index contributed by atoms with van der Waals surface area (Å²) in [5, 5.41) is 15.7. The van der Waals surface area contributed by atoms with E-state index in [0.717, 1.165) is 13.1 Å². The number of aryl methyl sites for hydroxylation is 2. The van der Waals surface area contributed by atoms with Crippen LogP contribution in [0, 0.1) is 13.8 Å². The molecule has 0 saturated carbocycles. The molecular formula is C24H30N4O5. The highest BCUT2D eigenvalue weighted by Crippen LogP contribution is 2.43. The normalized spacial score (nSPS) is 21.1. The van der Waals surface area contributed by atoms with Crippen LogP contribution in [0.25, 0.3) is 5.76 Å². The summed E-state index contributed by atoms with van der Waals surface area (Å²) in [6, 6.07) is 6.52. The summed E-state index contributed by atoms with van der Waals surface area (Å²) in [6.45, 7) is 7.38. The van der Waals surface area contributed by atoms with Crippen LogP contribution in [0.3, 0.4) is 0 Å². The summed E-state index contributed by atoms with van der Waals surface area (Å²) in [4.78, 5) is 30.2. The van der Waals surface area contributed by atoms with Crippen LogP contribution in [0.15, 0.2) is 29.8 Å². The Morgan fingerprint density at radius 1 is 1.18 bits per heavy atom. The summed E-state index contributed by atoms with van der Waals surface area (Å²) >= 11 is 0. The fraction of sp³-hybridized carbons (Fsp3) is 0.458. The Morgan fingerprint density at radius 2 is 1.88 bits per heavy atom. The topological polar surface area (TPSA) is 97.1 Å². The van der Waals surface area contributed by atoms with Gasteiger partial charge < -0.3 is 19.5 Å². The number of ether oxygens (including phenoxy) is 2. The van der Waals surface area contributed by atoms with E-state index in [1.54, 1.807) is 36.7 Å². The molecule has 2 aliphatic rings. The van der Waals surface area contributed by atoms with Crippen molar-refractivity contribution in [1.29, 1.82) is 0 Å². The van der Waals surface area contributed by atoms with E-state index in [9.17, 15) is 14.7 Å². The number of Topliss-reactive ketones (excluding diaryl/α,β-unsaturated/α-hetero) is 1. The van der Waals surface area contributed by atoms with Crippen molar-refractivity contribution in [2.75, 3.05) is 46.5 Å². The monoisotopic (exact) mass is 454 g/mol. The van der Waals surface area contributed by atoms with Crippen molar-refractivity contribution in [2.24, 2.45) is 7.05 Å². The number of hydrogen-bond acceptors (Lipinski definition) is 7. The predicted octanol–water partition coefficient (Wildman–Crippen LogP) is 1.80. The lowest BCUT2D eigenvalue weighted by Crippen LogP contribution is -2.42. The van der Waals surface area contributed by atoms with Crippen molar-refractivity contribution in [1.82, 2.24) is 19.6 Å². The van der Waals surface area contributed by atoms with Crippen molar-refractivity contribution < 1.29 is 24.2 Å². The van der Waals surface area contributed by atoms with Gasteiger partial charge in [0.15, 0.2) is 0 Å². The summed E-state index contributed by atoms with van der Waals surface area (Å²) < 4.78 is 12.6. The van der Waals surface area contributed by atoms with Crippen LogP contribution < -0.4 is 4.74 Å². The molecule has 1 amide bonds. The van der Waals surface area contributed by atoms with E-state index in [0.29, 0.717) is 54.6 Å². The lowest BCUT2D eigenvalue weighted by molar-refractivity contribution is -0.140. The fourth-order valence-corrected chi connectivity index (χ4v) is 4.65. The predicted molar refractivity (Wildman–Crippen MR) is 122 cm³/mol. The molecule has 0 aliphatic carbocycles. The molecule has 1 N–H and O–H groups in total. The zero-order valence-corrected chi connectivity index (χ0v) is 19.5. The molecule has 2 fully saturated rings. The van der Waals surface area contributed by atoms with Crippen molar-refractivity contribution in [3.63, 3.8) is 0 Å². The molecule has 0 unspecified atom stereocenters. The largest absolute Gasteiger partial charge is 0.507 e. The van der Waals surface area contributed by atoms with Gasteiger partial charge in [0.25, 0.3) is 11.7 Å². The quantitative estimate of drug-likeness (QED) is 0.404. The van der Waals surface area contributed by atoms with Crippen LogP contribution >= 0.6 is 0 Å². The molecule has 176 valence electrons. The van der Waals surface area contributed by atoms with Gasteiger partial charge in [0.05, 0.1) is 43.2 Å². The Labute approximate surface area is 193 Å². The van der Waals surface area contributed by atoms with E-state index in [4.69, 9.17) is 9.47 Å². The Kier molecular flexibility index (Phi) is 6.53. The highest BCUT2D eigenvalue weighted by molar-refractivity contribution is 6.46. The second kappa shape index (κ2) is 9.36. The van der Waals surface area contributed by atoms with Gasteiger partial charge in [-0.25, -0.2) is 0 Å². The summed E-state index contributed by atoms with van der Waals surface area (Å²) in [5.41, 5.74) is 2.49. The third-order valence-corrected chi connectivity index (χ3v) is 6.48. The van der Waals surface area contributed by atoms with Crippen LogP contribution in [0.4, 0.5) is 0 Å². The molecule has 2 aromatic rings. The first-order valence-electron chi connectivity index (χ1n) is 11.1. The Morgan fingerprint density at radius 3 is 2.52 bits per heavy atom. The van der Waals surface area contributed by atoms with Gasteiger partial charge in [-0.3, -0.25) is 19.2 Å². The molecule has 1 atom stereocenters. The number of rotatable bonds is 6. The maximum atomic E-state index is 13.3. The number of aliphatic hydroxyl groups is 1. The molecule has 1 aromatic carbocycles. The smallest absolute Gasteiger partial charge is 0.295 e. The number of likely N-dealkylation sites (tertiary alicyclic amines) is 1. The number of carbonyl (C=O) groups excluding carboxylic acids is 2. The molecule has 0 spiro atoms. The average molecular weight is 455 g/mol. The van der Waals surface area contributed by atoms with Gasteiger partial charge in [-0.05, 0) is 19.9 Å². The number of para-hydroxylation sites is 1. The zero-order chi connectivity index (χ0) is 23.7. The van der Waals surface area contributed by atoms with Crippen LogP contribution in [0.1, 0.15) is 28.6 Å². The molecule has 0 radical (unpaired) electrons. The lowest BCUT2D eigenvalue weighted by Gasteiger charge is -2.31. The number of benzene rings is 1. The number of hydrogen-bond donors (Lipinski definition) is 1. The first-order valence-corrected chi connectivity index (χ1v) is 11.1. The van der Waals surface area contributed by atoms with Gasteiger partial charge in [-0.2, -0.15) is 5.10 Å². The summed E-state index contributed by atoms with van der Waals surface area (Å²) in [6.07, 6.45) is 0. The van der Waals surface area contributed by atoms with Crippen LogP contribution in [0.2, 0.25) is 0 Å². The molecule has 1 aromatic heterocycles. The summed E-state index contributed by atoms with van der Waals surface area (Å²) in [5.74, 6) is -0.986. The average Bonchev–Trinajstić information content (AvgIpc) is 3.23. The minimum atomic E-state index is -0.763. The molecule has 0 bridgehead atoms. The summed E-state index contributed by atoms with van der Waals surface area (Å²) in [7, 11) is 3.33. The standard InChI is InChI=1S/C24H30N4O5/c1-15-19(16(2)26(3)25-15)22(29)20-21(17-7-5-6-8-18(17)32-4)28(24(31)23(20)30)10-9-27-11-13-33-14-12-27/h5-8,21,29H,9-14H2,1-4H3/b22-20+/t21-/m1/s1. The van der Waals surface area contributed by atoms with E-state index in [1.807, 2.05) is 25.1 Å². The maximum absolute atomic E-state index is 13.3. The van der Waals surface area contributed by atoms with E-state index in [-0.39, 0.29) is 11.3 Å². The molecule has 2 saturated heterocycles. The fourth-order valence-electron chi connectivity index (χ4n) is 4.65. The van der Waals surface area contributed by atoms with Crippen molar-refractivity contribution in [3.05, 3.63) is 52.4 Å². The minimum Gasteiger partial charge on any atom is -0.507 e. The van der Waals surface area contributed by atoms with Gasteiger partial charge in [0.2, 0.25) is 0 Å². The van der Waals surface area contributed by atoms with Gasteiger partial charge in [-0.1, -0.05) is 18.2 Å². The number of amides is 1. The third kappa shape index (κ3) is 4.14. The van der Waals surface area contributed by atoms with E-state index < -0.39 is 17.7 Å². The van der Waals surface area contributed by atoms with E-state index in [2.05, 4.69) is 10.00 Å². The van der Waals surface area contributed by atoms with Crippen molar-refractivity contribution in [3.8, 4) is 5.75 Å². The molecule has 33 heavy (non-hydrogen) atoms. The van der Waals surface area contributed by atoms with Crippen molar-refractivity contribution in [2.45, 2.75) is 19.9 Å². The number of carbonyl (C=O) groups is 2. The number of aromatic nitrogens is 2. The maximum Gasteiger partial charge on any atom is 0.295 e. The van der Waals surface area contributed by atoms with E-state index in [1.165, 1.54) is 0 Å². The van der Waals surface area contributed by atoms with Crippen LogP contribution in [0.5, 0.6) is 5.75 Å².